The molecule has 1 unspecified atom stereocenters. The van der Waals surface area contributed by atoms with Gasteiger partial charge in [0.2, 0.25) is 0 Å². The lowest BCUT2D eigenvalue weighted by molar-refractivity contribution is -0.924. The Morgan fingerprint density at radius 2 is 2.13 bits per heavy atom. The molecular formula is C24H29N3O4. The lowest BCUT2D eigenvalue weighted by atomic mass is 9.47. The Hall–Kier alpha value is -2.09. The molecule has 1 spiro atoms. The maximum absolute atomic E-state index is 14.2. The van der Waals surface area contributed by atoms with E-state index in [4.69, 9.17) is 4.74 Å². The zero-order chi connectivity index (χ0) is 21.0. The van der Waals surface area contributed by atoms with Gasteiger partial charge in [-0.1, -0.05) is 6.07 Å². The third-order valence-corrected chi connectivity index (χ3v) is 9.18. The molecule has 7 heteroatoms. The van der Waals surface area contributed by atoms with E-state index in [2.05, 4.69) is 9.55 Å². The number of hydrogen-bond donors (Lipinski definition) is 2. The molecule has 3 heterocycles. The van der Waals surface area contributed by atoms with E-state index in [9.17, 15) is 15.4 Å². The van der Waals surface area contributed by atoms with Gasteiger partial charge in [0, 0.05) is 49.2 Å². The Balaban J connectivity index is 1.39. The van der Waals surface area contributed by atoms with Gasteiger partial charge in [0.05, 0.1) is 24.8 Å². The Labute approximate surface area is 181 Å². The van der Waals surface area contributed by atoms with Crippen LogP contribution < -0.4 is 4.74 Å². The van der Waals surface area contributed by atoms with Crippen LogP contribution in [0.3, 0.4) is 0 Å². The number of quaternary nitrogens is 1. The number of ether oxygens (including phenoxy) is 1. The van der Waals surface area contributed by atoms with Crippen molar-refractivity contribution in [3.8, 4) is 11.5 Å². The van der Waals surface area contributed by atoms with Gasteiger partial charge in [0.15, 0.2) is 11.5 Å². The van der Waals surface area contributed by atoms with Crippen LogP contribution in [0.15, 0.2) is 30.9 Å². The average Bonchev–Trinajstić information content (AvgIpc) is 3.25. The SMILES string of the molecule is [O-][N@+]1(CC2CC2)CC[C@]23c4c5ccc(O)c4O[C@H]2[C@@H](Cn2ccnc2)CCC3(O)[C@H]1C5. The minimum absolute atomic E-state index is 0.149. The molecule has 5 aliphatic rings. The number of imidazole rings is 1. The molecule has 164 valence electrons. The minimum atomic E-state index is -1.09. The Morgan fingerprint density at radius 1 is 1.26 bits per heavy atom. The summed E-state index contributed by atoms with van der Waals surface area (Å²) in [5.41, 5.74) is 0.370. The molecule has 2 saturated carbocycles. The second-order valence-electron chi connectivity index (χ2n) is 10.7. The van der Waals surface area contributed by atoms with E-state index in [1.807, 2.05) is 18.6 Å². The zero-order valence-corrected chi connectivity index (χ0v) is 17.6. The lowest BCUT2D eigenvalue weighted by Gasteiger charge is -2.68. The fourth-order valence-electron chi connectivity index (χ4n) is 7.71. The molecule has 0 amide bonds. The van der Waals surface area contributed by atoms with Gasteiger partial charge in [0.1, 0.15) is 17.7 Å². The predicted octanol–water partition coefficient (Wildman–Crippen LogP) is 2.48. The molecule has 6 atom stereocenters. The van der Waals surface area contributed by atoms with E-state index in [1.165, 1.54) is 0 Å². The number of benzene rings is 1. The fraction of sp³-hybridized carbons (Fsp3) is 0.625. The van der Waals surface area contributed by atoms with Crippen molar-refractivity contribution in [2.45, 2.75) is 68.2 Å². The smallest absolute Gasteiger partial charge is 0.165 e. The highest BCUT2D eigenvalue weighted by Gasteiger charge is 2.75. The molecule has 0 radical (unpaired) electrons. The largest absolute Gasteiger partial charge is 0.632 e. The number of phenolic OH excluding ortho intramolecular Hbond substituents is 1. The Morgan fingerprint density at radius 3 is 2.90 bits per heavy atom. The highest BCUT2D eigenvalue weighted by atomic mass is 16.6. The first-order chi connectivity index (χ1) is 14.9. The number of likely N-dealkylation sites (tertiary alicyclic amines) is 1. The average molecular weight is 424 g/mol. The molecule has 7 nitrogen and oxygen atoms in total. The van der Waals surface area contributed by atoms with Gasteiger partial charge >= 0.3 is 0 Å². The maximum atomic E-state index is 14.2. The van der Waals surface area contributed by atoms with Crippen LogP contribution in [0.1, 0.15) is 43.2 Å². The molecule has 2 bridgehead atoms. The van der Waals surface area contributed by atoms with Crippen LogP contribution in [-0.2, 0) is 18.4 Å². The molecule has 2 N–H and O–H groups in total. The summed E-state index contributed by atoms with van der Waals surface area (Å²) in [5, 5.41) is 37.3. The van der Waals surface area contributed by atoms with Crippen LogP contribution in [0.5, 0.6) is 11.5 Å². The summed E-state index contributed by atoms with van der Waals surface area (Å²) in [6.45, 7) is 1.92. The van der Waals surface area contributed by atoms with Crippen molar-refractivity contribution < 1.29 is 19.6 Å². The number of rotatable bonds is 4. The first-order valence-electron chi connectivity index (χ1n) is 11.7. The normalized spacial score (nSPS) is 42.2. The molecule has 1 aromatic heterocycles. The number of hydroxylamine groups is 3. The number of hydrogen-bond acceptors (Lipinski definition) is 5. The second-order valence-corrected chi connectivity index (χ2v) is 10.7. The number of aromatic nitrogens is 2. The summed E-state index contributed by atoms with van der Waals surface area (Å²) in [7, 11) is 0. The summed E-state index contributed by atoms with van der Waals surface area (Å²) >= 11 is 0. The van der Waals surface area contributed by atoms with E-state index in [0.29, 0.717) is 44.0 Å². The number of aliphatic hydroxyl groups is 1. The summed E-state index contributed by atoms with van der Waals surface area (Å²) in [5.74, 6) is 1.39. The highest BCUT2D eigenvalue weighted by molar-refractivity contribution is 5.62. The van der Waals surface area contributed by atoms with E-state index in [1.54, 1.807) is 12.3 Å². The summed E-state index contributed by atoms with van der Waals surface area (Å²) < 4.78 is 8.35. The molecular weight excluding hydrogens is 394 g/mol. The first-order valence-corrected chi connectivity index (χ1v) is 11.7. The number of piperidine rings is 1. The van der Waals surface area contributed by atoms with Crippen molar-refractivity contribution in [3.63, 3.8) is 0 Å². The zero-order valence-electron chi connectivity index (χ0n) is 17.6. The van der Waals surface area contributed by atoms with Crippen LogP contribution in [-0.4, -0.2) is 55.2 Å². The van der Waals surface area contributed by atoms with Crippen LogP contribution in [0, 0.1) is 17.0 Å². The minimum Gasteiger partial charge on any atom is -0.632 e. The maximum Gasteiger partial charge on any atom is 0.165 e. The van der Waals surface area contributed by atoms with Crippen LogP contribution in [0.2, 0.25) is 0 Å². The third kappa shape index (κ3) is 2.22. The van der Waals surface area contributed by atoms with E-state index < -0.39 is 11.0 Å². The van der Waals surface area contributed by atoms with Crippen LogP contribution in [0.4, 0.5) is 0 Å². The molecule has 3 fully saturated rings. The molecule has 2 aliphatic heterocycles. The van der Waals surface area contributed by atoms with Gasteiger partial charge in [-0.05, 0) is 37.3 Å². The first kappa shape index (κ1) is 18.5. The quantitative estimate of drug-likeness (QED) is 0.582. The fourth-order valence-corrected chi connectivity index (χ4v) is 7.71. The summed E-state index contributed by atoms with van der Waals surface area (Å²) in [4.78, 5) is 4.18. The highest BCUT2D eigenvalue weighted by Crippen LogP contribution is 2.67. The van der Waals surface area contributed by atoms with Crippen LogP contribution >= 0.6 is 0 Å². The van der Waals surface area contributed by atoms with Crippen molar-refractivity contribution in [2.24, 2.45) is 11.8 Å². The van der Waals surface area contributed by atoms with E-state index >= 15 is 0 Å². The van der Waals surface area contributed by atoms with Gasteiger partial charge in [-0.3, -0.25) is 0 Å². The van der Waals surface area contributed by atoms with Crippen molar-refractivity contribution in [1.82, 2.24) is 9.55 Å². The summed E-state index contributed by atoms with van der Waals surface area (Å²) in [6.07, 6.45) is 10.2. The summed E-state index contributed by atoms with van der Waals surface area (Å²) in [6, 6.07) is 3.30. The Kier molecular flexibility index (Phi) is 3.47. The topological polar surface area (TPSA) is 90.6 Å². The van der Waals surface area contributed by atoms with Crippen molar-refractivity contribution in [2.75, 3.05) is 13.1 Å². The van der Waals surface area contributed by atoms with E-state index in [-0.39, 0.29) is 28.5 Å². The van der Waals surface area contributed by atoms with Gasteiger partial charge < -0.3 is 29.4 Å². The van der Waals surface area contributed by atoms with Crippen molar-refractivity contribution in [3.05, 3.63) is 47.2 Å². The van der Waals surface area contributed by atoms with Gasteiger partial charge in [-0.25, -0.2) is 4.98 Å². The lowest BCUT2D eigenvalue weighted by Crippen LogP contribution is -2.80. The molecule has 1 aromatic carbocycles. The molecule has 7 rings (SSSR count). The molecule has 3 aliphatic carbocycles. The molecule has 31 heavy (non-hydrogen) atoms. The molecule has 1 saturated heterocycles. The third-order valence-electron chi connectivity index (χ3n) is 9.18. The van der Waals surface area contributed by atoms with Crippen molar-refractivity contribution >= 4 is 0 Å². The number of phenols is 1. The monoisotopic (exact) mass is 423 g/mol. The Bertz CT molecular complexity index is 1050. The van der Waals surface area contributed by atoms with E-state index in [0.717, 1.165) is 36.9 Å². The van der Waals surface area contributed by atoms with Gasteiger partial charge in [-0.15, -0.1) is 0 Å². The van der Waals surface area contributed by atoms with Gasteiger partial charge in [-0.2, -0.15) is 0 Å². The van der Waals surface area contributed by atoms with Crippen LogP contribution in [0.25, 0.3) is 0 Å². The molecule has 2 aromatic rings. The number of aromatic hydroxyl groups is 1. The van der Waals surface area contributed by atoms with Gasteiger partial charge in [0.25, 0.3) is 0 Å². The standard InChI is InChI=1S/C24H29N3O4/c28-18-4-3-16-11-19-24(29)6-5-17(12-26-9-8-25-14-26)22-23(24,20(16)21(18)31-22)7-10-27(19,30)13-15-1-2-15/h3-4,8-9,14-15,17,19,22,28-29H,1-2,5-7,10-13H2/t17-,19-,22+,23+,24?,27+/m1/s1. The second kappa shape index (κ2) is 5.82. The number of nitrogens with zero attached hydrogens (tertiary/aromatic N) is 3. The predicted molar refractivity (Wildman–Crippen MR) is 112 cm³/mol. The van der Waals surface area contributed by atoms with Crippen molar-refractivity contribution in [1.29, 1.82) is 0 Å².